The maximum Gasteiger partial charge on any atom is 0.123 e. The van der Waals surface area contributed by atoms with E-state index in [-0.39, 0.29) is 5.82 Å². The number of hydrogen-bond donors (Lipinski definition) is 0. The lowest BCUT2D eigenvalue weighted by molar-refractivity contribution is 0.630. The van der Waals surface area contributed by atoms with Crippen molar-refractivity contribution in [3.8, 4) is 0 Å². The molecule has 12 heavy (non-hydrogen) atoms. The lowest BCUT2D eigenvalue weighted by atomic mass is 10.3. The van der Waals surface area contributed by atoms with Gasteiger partial charge in [0.1, 0.15) is 5.82 Å². The summed E-state index contributed by atoms with van der Waals surface area (Å²) in [6.45, 7) is 0. The topological polar surface area (TPSA) is 0 Å². The Kier molecular flexibility index (Phi) is 2.57. The summed E-state index contributed by atoms with van der Waals surface area (Å²) in [5, 5.41) is 1.03. The van der Waals surface area contributed by atoms with Gasteiger partial charge in [0, 0.05) is 13.7 Å². The summed E-state index contributed by atoms with van der Waals surface area (Å²) in [4.78, 5) is 0. The van der Waals surface area contributed by atoms with Crippen molar-refractivity contribution in [1.82, 2.24) is 0 Å². The summed E-state index contributed by atoms with van der Waals surface area (Å²) in [5.74, 6) is -0.158. The molecular weight excluding hydrogens is 401 g/mol. The molecule has 0 aliphatic heterocycles. The Morgan fingerprint density at radius 1 is 1.25 bits per heavy atom. The van der Waals surface area contributed by atoms with Crippen LogP contribution in [0.25, 0.3) is 10.1 Å². The SMILES string of the molecule is Fc1ccc2sc(I)c(I)c2c1. The molecule has 0 unspecified atom stereocenters. The van der Waals surface area contributed by atoms with Crippen LogP contribution in [0.5, 0.6) is 0 Å². The predicted octanol–water partition coefficient (Wildman–Crippen LogP) is 4.25. The summed E-state index contributed by atoms with van der Waals surface area (Å²) in [6.07, 6.45) is 0. The molecule has 0 saturated heterocycles. The Hall–Kier alpha value is 0.570. The summed E-state index contributed by atoms with van der Waals surface area (Å²) in [7, 11) is 0. The second-order valence-corrected chi connectivity index (χ2v) is 6.27. The first-order valence-corrected chi connectivity index (χ1v) is 6.19. The van der Waals surface area contributed by atoms with Gasteiger partial charge in [0.05, 0.1) is 2.88 Å². The molecule has 0 fully saturated rings. The van der Waals surface area contributed by atoms with E-state index < -0.39 is 0 Å². The highest BCUT2D eigenvalue weighted by Crippen LogP contribution is 2.33. The van der Waals surface area contributed by atoms with Gasteiger partial charge < -0.3 is 0 Å². The van der Waals surface area contributed by atoms with Crippen molar-refractivity contribution in [2.24, 2.45) is 0 Å². The summed E-state index contributed by atoms with van der Waals surface area (Å²) >= 11 is 6.23. The lowest BCUT2D eigenvalue weighted by Crippen LogP contribution is -1.72. The molecule has 1 heterocycles. The van der Waals surface area contributed by atoms with Crippen LogP contribution in [0.3, 0.4) is 0 Å². The minimum absolute atomic E-state index is 0.158. The Bertz CT molecular complexity index is 436. The second-order valence-electron chi connectivity index (χ2n) is 2.33. The molecule has 0 bridgehead atoms. The van der Waals surface area contributed by atoms with Crippen LogP contribution in [0.2, 0.25) is 0 Å². The van der Waals surface area contributed by atoms with Crippen LogP contribution >= 0.6 is 56.5 Å². The van der Waals surface area contributed by atoms with Crippen molar-refractivity contribution in [2.75, 3.05) is 0 Å². The third-order valence-electron chi connectivity index (χ3n) is 1.55. The molecule has 4 heteroatoms. The molecule has 0 saturated carbocycles. The van der Waals surface area contributed by atoms with E-state index in [0.29, 0.717) is 0 Å². The van der Waals surface area contributed by atoms with Crippen molar-refractivity contribution < 1.29 is 4.39 Å². The molecule has 0 aliphatic rings. The molecule has 2 aromatic rings. The number of halogens is 3. The minimum Gasteiger partial charge on any atom is -0.207 e. The van der Waals surface area contributed by atoms with Gasteiger partial charge in [-0.2, -0.15) is 0 Å². The molecule has 1 aromatic carbocycles. The van der Waals surface area contributed by atoms with Gasteiger partial charge in [-0.3, -0.25) is 0 Å². The van der Waals surface area contributed by atoms with E-state index in [0.717, 1.165) is 13.7 Å². The minimum atomic E-state index is -0.158. The van der Waals surface area contributed by atoms with Crippen molar-refractivity contribution in [2.45, 2.75) is 0 Å². The van der Waals surface area contributed by atoms with Gasteiger partial charge in [0.15, 0.2) is 0 Å². The molecule has 0 spiro atoms. The predicted molar refractivity (Wildman–Crippen MR) is 67.2 cm³/mol. The van der Waals surface area contributed by atoms with E-state index in [4.69, 9.17) is 0 Å². The van der Waals surface area contributed by atoms with Gasteiger partial charge in [0.25, 0.3) is 0 Å². The first kappa shape index (κ1) is 9.14. The molecular formula is C8H3FI2S. The van der Waals surface area contributed by atoms with E-state index in [9.17, 15) is 4.39 Å². The zero-order chi connectivity index (χ0) is 8.72. The molecule has 0 amide bonds. The zero-order valence-electron chi connectivity index (χ0n) is 5.77. The molecule has 2 rings (SSSR count). The molecule has 0 aliphatic carbocycles. The first-order chi connectivity index (χ1) is 5.68. The van der Waals surface area contributed by atoms with Gasteiger partial charge in [0.2, 0.25) is 0 Å². The summed E-state index contributed by atoms with van der Waals surface area (Å²) in [6, 6.07) is 4.93. The average Bonchev–Trinajstić information content (AvgIpc) is 2.31. The van der Waals surface area contributed by atoms with Gasteiger partial charge in [-0.05, 0) is 63.4 Å². The van der Waals surface area contributed by atoms with Crippen LogP contribution in [-0.2, 0) is 0 Å². The average molecular weight is 404 g/mol. The van der Waals surface area contributed by atoms with Crippen LogP contribution in [0.4, 0.5) is 4.39 Å². The fourth-order valence-corrected chi connectivity index (χ4v) is 3.77. The van der Waals surface area contributed by atoms with Crippen LogP contribution in [0, 0.1) is 12.3 Å². The highest BCUT2D eigenvalue weighted by atomic mass is 127. The van der Waals surface area contributed by atoms with Crippen LogP contribution in [0.1, 0.15) is 0 Å². The quantitative estimate of drug-likeness (QED) is 0.577. The number of thiophene rings is 1. The third kappa shape index (κ3) is 1.48. The molecule has 0 nitrogen and oxygen atoms in total. The monoisotopic (exact) mass is 404 g/mol. The van der Waals surface area contributed by atoms with E-state index in [1.807, 2.05) is 6.07 Å². The Morgan fingerprint density at radius 3 is 2.75 bits per heavy atom. The Morgan fingerprint density at radius 2 is 2.00 bits per heavy atom. The fourth-order valence-electron chi connectivity index (χ4n) is 1.01. The van der Waals surface area contributed by atoms with Gasteiger partial charge in [-0.1, -0.05) is 0 Å². The van der Waals surface area contributed by atoms with Gasteiger partial charge in [-0.25, -0.2) is 4.39 Å². The fraction of sp³-hybridized carbons (Fsp3) is 0. The maximum absolute atomic E-state index is 12.8. The number of fused-ring (bicyclic) bond motifs is 1. The second kappa shape index (κ2) is 3.38. The normalized spacial score (nSPS) is 10.9. The standard InChI is InChI=1S/C8H3FI2S/c9-4-1-2-6-5(3-4)7(10)8(11)12-6/h1-3H. The smallest absolute Gasteiger partial charge is 0.123 e. The van der Waals surface area contributed by atoms with Crippen LogP contribution < -0.4 is 0 Å². The third-order valence-corrected chi connectivity index (χ3v) is 6.23. The zero-order valence-corrected chi connectivity index (χ0v) is 10.9. The number of benzene rings is 1. The highest BCUT2D eigenvalue weighted by molar-refractivity contribution is 14.1. The van der Waals surface area contributed by atoms with Crippen LogP contribution in [0.15, 0.2) is 18.2 Å². The molecule has 62 valence electrons. The maximum atomic E-state index is 12.8. The Balaban J connectivity index is 2.88. The van der Waals surface area contributed by atoms with Crippen molar-refractivity contribution in [3.63, 3.8) is 0 Å². The highest BCUT2D eigenvalue weighted by Gasteiger charge is 2.07. The summed E-state index contributed by atoms with van der Waals surface area (Å²) < 4.78 is 16.4. The molecule has 1 aromatic heterocycles. The van der Waals surface area contributed by atoms with E-state index >= 15 is 0 Å². The van der Waals surface area contributed by atoms with Gasteiger partial charge >= 0.3 is 0 Å². The number of hydrogen-bond acceptors (Lipinski definition) is 1. The lowest BCUT2D eigenvalue weighted by Gasteiger charge is -1.89. The Labute approximate surface area is 100 Å². The van der Waals surface area contributed by atoms with E-state index in [2.05, 4.69) is 45.2 Å². The van der Waals surface area contributed by atoms with Crippen molar-refractivity contribution in [1.29, 1.82) is 0 Å². The van der Waals surface area contributed by atoms with E-state index in [1.165, 1.54) is 8.95 Å². The van der Waals surface area contributed by atoms with Crippen molar-refractivity contribution >= 4 is 66.6 Å². The largest absolute Gasteiger partial charge is 0.207 e. The molecule has 0 radical (unpaired) electrons. The molecule has 0 N–H and O–H groups in total. The van der Waals surface area contributed by atoms with Gasteiger partial charge in [-0.15, -0.1) is 11.3 Å². The van der Waals surface area contributed by atoms with Crippen LogP contribution in [-0.4, -0.2) is 0 Å². The number of rotatable bonds is 0. The van der Waals surface area contributed by atoms with Crippen molar-refractivity contribution in [3.05, 3.63) is 30.5 Å². The van der Waals surface area contributed by atoms with E-state index in [1.54, 1.807) is 17.4 Å². The molecule has 0 atom stereocenters. The first-order valence-electron chi connectivity index (χ1n) is 3.21. The summed E-state index contributed by atoms with van der Waals surface area (Å²) in [5.41, 5.74) is 0.